The minimum absolute atomic E-state index is 0.106. The third-order valence-electron chi connectivity index (χ3n) is 5.30. The molecule has 0 N–H and O–H groups in total. The fourth-order valence-corrected chi connectivity index (χ4v) is 3.77. The predicted molar refractivity (Wildman–Crippen MR) is 101 cm³/mol. The first-order chi connectivity index (χ1) is 14.0. The van der Waals surface area contributed by atoms with Gasteiger partial charge in [0.25, 0.3) is 11.8 Å². The van der Waals surface area contributed by atoms with E-state index in [9.17, 15) is 19.2 Å². The molecule has 0 bridgehead atoms. The van der Waals surface area contributed by atoms with E-state index in [4.69, 9.17) is 9.47 Å². The molecule has 1 fully saturated rings. The summed E-state index contributed by atoms with van der Waals surface area (Å²) in [5.41, 5.74) is 1.16. The molecule has 0 spiro atoms. The maximum atomic E-state index is 12.8. The Morgan fingerprint density at radius 2 is 1.62 bits per heavy atom. The summed E-state index contributed by atoms with van der Waals surface area (Å²) in [6.45, 7) is 0.106. The Bertz CT molecular complexity index is 999. The Labute approximate surface area is 166 Å². The van der Waals surface area contributed by atoms with E-state index in [-0.39, 0.29) is 17.7 Å². The number of carbonyl (C=O) groups excluding carboxylic acids is 4. The number of hydrogen-bond donors (Lipinski definition) is 0. The Kier molecular flexibility index (Phi) is 4.54. The van der Waals surface area contributed by atoms with Gasteiger partial charge in [-0.15, -0.1) is 0 Å². The van der Waals surface area contributed by atoms with Crippen molar-refractivity contribution >= 4 is 24.0 Å². The molecule has 2 aromatic rings. The van der Waals surface area contributed by atoms with Crippen molar-refractivity contribution < 1.29 is 28.7 Å². The number of likely N-dealkylation sites (tertiary alicyclic amines) is 1. The van der Waals surface area contributed by atoms with Crippen LogP contribution in [0.25, 0.3) is 0 Å². The Morgan fingerprint density at radius 3 is 2.17 bits per heavy atom. The summed E-state index contributed by atoms with van der Waals surface area (Å²) in [7, 11) is 3.03. The number of rotatable bonds is 6. The number of methoxy groups -OCH3 is 2. The average molecular weight is 394 g/mol. The van der Waals surface area contributed by atoms with Crippen molar-refractivity contribution in [2.75, 3.05) is 14.2 Å². The molecule has 8 nitrogen and oxygen atoms in total. The summed E-state index contributed by atoms with van der Waals surface area (Å²) in [6, 6.07) is 9.45. The van der Waals surface area contributed by atoms with Gasteiger partial charge in [-0.3, -0.25) is 19.3 Å². The second-order valence-corrected chi connectivity index (χ2v) is 6.74. The number of aldehydes is 1. The third-order valence-corrected chi connectivity index (χ3v) is 5.30. The molecular formula is C21H18N2O6. The topological polar surface area (TPSA) is 93.2 Å². The Balaban J connectivity index is 1.59. The molecule has 0 unspecified atom stereocenters. The van der Waals surface area contributed by atoms with Gasteiger partial charge in [-0.1, -0.05) is 12.1 Å². The largest absolute Gasteiger partial charge is 0.497 e. The number of fused-ring (bicyclic) bond motifs is 1. The third kappa shape index (κ3) is 2.75. The monoisotopic (exact) mass is 394 g/mol. The van der Waals surface area contributed by atoms with Crippen LogP contribution in [0.4, 0.5) is 0 Å². The van der Waals surface area contributed by atoms with Gasteiger partial charge in [-0.05, 0) is 24.3 Å². The number of ether oxygens (including phenoxy) is 2. The van der Waals surface area contributed by atoms with Crippen LogP contribution in [0.15, 0.2) is 42.5 Å². The van der Waals surface area contributed by atoms with Crippen molar-refractivity contribution in [3.05, 3.63) is 59.2 Å². The van der Waals surface area contributed by atoms with Crippen molar-refractivity contribution in [1.29, 1.82) is 0 Å². The van der Waals surface area contributed by atoms with Crippen molar-refractivity contribution in [3.8, 4) is 11.5 Å². The standard InChI is InChI=1S/C21H18N2O6/c1-28-13-8-7-12(17(9-13)29-2)10-22-16(11-24)18(21(22)27)23-19(25)14-5-3-4-6-15(14)20(23)26/h3-9,11,16,18H,10H2,1-2H3/t16-,18+/m0/s1. The molecule has 0 radical (unpaired) electrons. The minimum atomic E-state index is -1.14. The zero-order valence-electron chi connectivity index (χ0n) is 15.8. The zero-order chi connectivity index (χ0) is 20.7. The number of carbonyl (C=O) groups is 4. The summed E-state index contributed by atoms with van der Waals surface area (Å²) in [5, 5.41) is 0. The molecule has 2 heterocycles. The summed E-state index contributed by atoms with van der Waals surface area (Å²) in [5.74, 6) is -0.480. The molecule has 148 valence electrons. The fourth-order valence-electron chi connectivity index (χ4n) is 3.77. The summed E-state index contributed by atoms with van der Waals surface area (Å²) >= 11 is 0. The van der Waals surface area contributed by atoms with Gasteiger partial charge in [0, 0.05) is 11.6 Å². The lowest BCUT2D eigenvalue weighted by atomic mass is 9.93. The number of benzene rings is 2. The van der Waals surface area contributed by atoms with Crippen LogP contribution in [-0.4, -0.2) is 60.1 Å². The second-order valence-electron chi connectivity index (χ2n) is 6.74. The van der Waals surface area contributed by atoms with Crippen LogP contribution in [0.2, 0.25) is 0 Å². The van der Waals surface area contributed by atoms with Crippen LogP contribution < -0.4 is 9.47 Å². The molecular weight excluding hydrogens is 376 g/mol. The van der Waals surface area contributed by atoms with Crippen molar-refractivity contribution in [3.63, 3.8) is 0 Å². The molecule has 0 aromatic heterocycles. The van der Waals surface area contributed by atoms with E-state index in [2.05, 4.69) is 0 Å². The van der Waals surface area contributed by atoms with Crippen LogP contribution in [0.1, 0.15) is 26.3 Å². The number of hydrogen-bond acceptors (Lipinski definition) is 6. The molecule has 29 heavy (non-hydrogen) atoms. The van der Waals surface area contributed by atoms with Crippen LogP contribution in [0, 0.1) is 0 Å². The molecule has 1 saturated heterocycles. The SMILES string of the molecule is COc1ccc(CN2C(=O)[C@H](N3C(=O)c4ccccc4C3=O)[C@@H]2C=O)c(OC)c1. The van der Waals surface area contributed by atoms with Crippen LogP contribution in [0.3, 0.4) is 0 Å². The lowest BCUT2D eigenvalue weighted by molar-refractivity contribution is -0.159. The first-order valence-electron chi connectivity index (χ1n) is 8.95. The van der Waals surface area contributed by atoms with E-state index >= 15 is 0 Å². The highest BCUT2D eigenvalue weighted by Gasteiger charge is 2.56. The number of nitrogens with zero attached hydrogens (tertiary/aromatic N) is 2. The van der Waals surface area contributed by atoms with Gasteiger partial charge in [0.2, 0.25) is 5.91 Å². The molecule has 4 rings (SSSR count). The Morgan fingerprint density at radius 1 is 0.966 bits per heavy atom. The summed E-state index contributed by atoms with van der Waals surface area (Å²) in [6.07, 6.45) is 0.589. The second kappa shape index (κ2) is 7.05. The average Bonchev–Trinajstić information content (AvgIpc) is 3.00. The smallest absolute Gasteiger partial charge is 0.262 e. The van der Waals surface area contributed by atoms with Crippen LogP contribution in [-0.2, 0) is 16.1 Å². The molecule has 8 heteroatoms. The summed E-state index contributed by atoms with van der Waals surface area (Å²) in [4.78, 5) is 52.1. The van der Waals surface area contributed by atoms with Gasteiger partial charge in [0.15, 0.2) is 0 Å². The molecule has 2 atom stereocenters. The van der Waals surface area contributed by atoms with Crippen molar-refractivity contribution in [2.45, 2.75) is 18.6 Å². The van der Waals surface area contributed by atoms with Crippen LogP contribution in [0.5, 0.6) is 11.5 Å². The van der Waals surface area contributed by atoms with Gasteiger partial charge in [-0.25, -0.2) is 0 Å². The van der Waals surface area contributed by atoms with Gasteiger partial charge in [0.1, 0.15) is 29.9 Å². The van der Waals surface area contributed by atoms with E-state index < -0.39 is 29.8 Å². The maximum Gasteiger partial charge on any atom is 0.262 e. The molecule has 3 amide bonds. The number of β-lactam (4-membered cyclic amide) rings is 1. The highest BCUT2D eigenvalue weighted by Crippen LogP contribution is 2.34. The van der Waals surface area contributed by atoms with Gasteiger partial charge in [0.05, 0.1) is 31.9 Å². The summed E-state index contributed by atoms with van der Waals surface area (Å²) < 4.78 is 10.5. The number of imide groups is 1. The molecule has 2 aliphatic heterocycles. The van der Waals surface area contributed by atoms with Crippen molar-refractivity contribution in [2.24, 2.45) is 0 Å². The lowest BCUT2D eigenvalue weighted by Crippen LogP contribution is -2.71. The van der Waals surface area contributed by atoms with Gasteiger partial charge >= 0.3 is 0 Å². The number of amides is 3. The van der Waals surface area contributed by atoms with E-state index in [0.717, 1.165) is 4.90 Å². The van der Waals surface area contributed by atoms with Gasteiger partial charge < -0.3 is 19.2 Å². The molecule has 2 aromatic carbocycles. The minimum Gasteiger partial charge on any atom is -0.497 e. The predicted octanol–water partition coefficient (Wildman–Crippen LogP) is 1.28. The van der Waals surface area contributed by atoms with E-state index in [1.54, 1.807) is 30.3 Å². The fraction of sp³-hybridized carbons (Fsp3) is 0.238. The van der Waals surface area contributed by atoms with E-state index in [0.29, 0.717) is 23.3 Å². The van der Waals surface area contributed by atoms with Crippen molar-refractivity contribution in [1.82, 2.24) is 9.80 Å². The van der Waals surface area contributed by atoms with E-state index in [1.165, 1.54) is 31.3 Å². The zero-order valence-corrected chi connectivity index (χ0v) is 15.8. The quantitative estimate of drug-likeness (QED) is 0.416. The molecule has 2 aliphatic rings. The highest BCUT2D eigenvalue weighted by molar-refractivity contribution is 6.23. The Hall–Kier alpha value is -3.68. The van der Waals surface area contributed by atoms with E-state index in [1.807, 2.05) is 0 Å². The molecule has 0 aliphatic carbocycles. The molecule has 0 saturated carbocycles. The highest BCUT2D eigenvalue weighted by atomic mass is 16.5. The normalized spacial score (nSPS) is 20.4. The first kappa shape index (κ1) is 18.7. The van der Waals surface area contributed by atoms with Gasteiger partial charge in [-0.2, -0.15) is 0 Å². The maximum absolute atomic E-state index is 12.8. The lowest BCUT2D eigenvalue weighted by Gasteiger charge is -2.47. The van der Waals surface area contributed by atoms with Crippen LogP contribution >= 0.6 is 0 Å². The first-order valence-corrected chi connectivity index (χ1v) is 8.95.